The van der Waals surface area contributed by atoms with Crippen LogP contribution < -0.4 is 10.3 Å². The Morgan fingerprint density at radius 1 is 1.00 bits per heavy atom. The second-order valence-electron chi connectivity index (χ2n) is 10.5. The van der Waals surface area contributed by atoms with E-state index in [0.717, 1.165) is 23.6 Å². The molecule has 2 aromatic carbocycles. The van der Waals surface area contributed by atoms with Crippen molar-refractivity contribution in [2.45, 2.75) is 31.5 Å². The van der Waals surface area contributed by atoms with Crippen molar-refractivity contribution in [1.82, 2.24) is 34.0 Å². The third-order valence-electron chi connectivity index (χ3n) is 7.85. The van der Waals surface area contributed by atoms with Gasteiger partial charge in [0.2, 0.25) is 5.88 Å². The van der Waals surface area contributed by atoms with Gasteiger partial charge in [-0.05, 0) is 54.8 Å². The number of halogens is 1. The molecule has 1 amide bonds. The number of hydrogen-bond acceptors (Lipinski definition) is 7. The molecular weight excluding hydrogens is 529 g/mol. The molecule has 0 spiro atoms. The van der Waals surface area contributed by atoms with Crippen LogP contribution in [0.3, 0.4) is 0 Å². The first-order valence-corrected chi connectivity index (χ1v) is 13.4. The number of hydrogen-bond donors (Lipinski definition) is 1. The maximum absolute atomic E-state index is 13.3. The fourth-order valence-corrected chi connectivity index (χ4v) is 5.52. The van der Waals surface area contributed by atoms with Gasteiger partial charge in [0.15, 0.2) is 5.65 Å². The second kappa shape index (κ2) is 9.66. The Morgan fingerprint density at radius 3 is 2.51 bits per heavy atom. The highest BCUT2D eigenvalue weighted by Gasteiger charge is 2.35. The van der Waals surface area contributed by atoms with E-state index in [1.807, 2.05) is 16.8 Å². The van der Waals surface area contributed by atoms with Crippen LogP contribution in [0.25, 0.3) is 27.8 Å². The molecule has 5 heterocycles. The summed E-state index contributed by atoms with van der Waals surface area (Å²) in [5.74, 6) is 0.265. The summed E-state index contributed by atoms with van der Waals surface area (Å²) in [6.07, 6.45) is 5.22. The highest BCUT2D eigenvalue weighted by atomic mass is 19.1. The smallest absolute Gasteiger partial charge is 0.264 e. The normalized spacial score (nSPS) is 16.1. The van der Waals surface area contributed by atoms with E-state index in [9.17, 15) is 19.1 Å². The first-order chi connectivity index (χ1) is 19.9. The van der Waals surface area contributed by atoms with Crippen molar-refractivity contribution in [3.63, 3.8) is 0 Å². The maximum Gasteiger partial charge on any atom is 0.264 e. The van der Waals surface area contributed by atoms with Crippen LogP contribution in [0.5, 0.6) is 5.88 Å². The van der Waals surface area contributed by atoms with Crippen LogP contribution in [-0.2, 0) is 13.1 Å². The molecule has 12 heteroatoms. The maximum atomic E-state index is 13.3. The summed E-state index contributed by atoms with van der Waals surface area (Å²) in [7, 11) is 0. The van der Waals surface area contributed by atoms with Crippen LogP contribution in [0.15, 0.2) is 72.0 Å². The number of benzene rings is 2. The molecule has 5 aromatic rings. The standard InChI is InChI=1S/C29H26FN7O4/c30-21-5-7-22(8-6-21)37-25-24(16-33-37)27(39)35(18-31-25)17-29(40)9-11-34(12-10-29)26(38)20-3-1-19(2-4-20)23-15-32-36-13-14-41-28(23)36/h1-8,15-16,18,40H,9-14,17H2. The van der Waals surface area contributed by atoms with Crippen molar-refractivity contribution in [3.8, 4) is 22.7 Å². The number of likely N-dealkylation sites (tertiary alicyclic amines) is 1. The van der Waals surface area contributed by atoms with Crippen LogP contribution in [0, 0.1) is 5.82 Å². The van der Waals surface area contributed by atoms with Gasteiger partial charge < -0.3 is 14.7 Å². The fourth-order valence-electron chi connectivity index (χ4n) is 5.52. The van der Waals surface area contributed by atoms with Crippen molar-refractivity contribution in [3.05, 3.63) is 89.0 Å². The van der Waals surface area contributed by atoms with Crippen molar-refractivity contribution >= 4 is 16.9 Å². The average Bonchev–Trinajstić information content (AvgIpc) is 3.72. The van der Waals surface area contributed by atoms with E-state index in [2.05, 4.69) is 15.2 Å². The zero-order chi connectivity index (χ0) is 28.1. The topological polar surface area (TPSA) is 120 Å². The molecule has 2 aliphatic heterocycles. The van der Waals surface area contributed by atoms with Crippen LogP contribution >= 0.6 is 0 Å². The number of aliphatic hydroxyl groups is 1. The molecule has 7 rings (SSSR count). The molecule has 1 saturated heterocycles. The van der Waals surface area contributed by atoms with Crippen molar-refractivity contribution in [2.24, 2.45) is 0 Å². The third kappa shape index (κ3) is 4.45. The van der Waals surface area contributed by atoms with Crippen LogP contribution in [-0.4, -0.2) is 70.3 Å². The first-order valence-electron chi connectivity index (χ1n) is 13.4. The molecule has 0 radical (unpaired) electrons. The second-order valence-corrected chi connectivity index (χ2v) is 10.5. The van der Waals surface area contributed by atoms with Gasteiger partial charge in [-0.2, -0.15) is 10.2 Å². The zero-order valence-electron chi connectivity index (χ0n) is 22.0. The summed E-state index contributed by atoms with van der Waals surface area (Å²) in [5.41, 5.74) is 1.82. The predicted molar refractivity (Wildman–Crippen MR) is 146 cm³/mol. The summed E-state index contributed by atoms with van der Waals surface area (Å²) in [4.78, 5) is 32.5. The Kier molecular flexibility index (Phi) is 5.93. The van der Waals surface area contributed by atoms with Gasteiger partial charge in [0, 0.05) is 18.7 Å². The molecule has 3 aromatic heterocycles. The molecule has 0 bridgehead atoms. The number of carbonyl (C=O) groups excluding carboxylic acids is 1. The van der Waals surface area contributed by atoms with Crippen LogP contribution in [0.1, 0.15) is 23.2 Å². The van der Waals surface area contributed by atoms with Crippen LogP contribution in [0.4, 0.5) is 4.39 Å². The molecule has 2 aliphatic rings. The molecular formula is C29H26FN7O4. The monoisotopic (exact) mass is 555 g/mol. The SMILES string of the molecule is O=C(c1ccc(-c2cnn3c2OCC3)cc1)N1CCC(O)(Cn2cnc3c(cnn3-c3ccc(F)cc3)c2=O)CC1. The summed E-state index contributed by atoms with van der Waals surface area (Å²) in [6, 6.07) is 13.1. The molecule has 208 valence electrons. The van der Waals surface area contributed by atoms with E-state index in [4.69, 9.17) is 4.74 Å². The minimum absolute atomic E-state index is 0.0469. The van der Waals surface area contributed by atoms with Crippen molar-refractivity contribution in [1.29, 1.82) is 0 Å². The number of aromatic nitrogens is 6. The minimum atomic E-state index is -1.17. The number of rotatable bonds is 5. The number of carbonyl (C=O) groups is 1. The zero-order valence-corrected chi connectivity index (χ0v) is 22.0. The Morgan fingerprint density at radius 2 is 1.76 bits per heavy atom. The van der Waals surface area contributed by atoms with Gasteiger partial charge in [0.1, 0.15) is 24.1 Å². The molecule has 0 atom stereocenters. The van der Waals surface area contributed by atoms with E-state index in [0.29, 0.717) is 54.8 Å². The van der Waals surface area contributed by atoms with Gasteiger partial charge in [-0.1, -0.05) is 12.1 Å². The molecule has 0 unspecified atom stereocenters. The molecule has 0 aliphatic carbocycles. The largest absolute Gasteiger partial charge is 0.475 e. The van der Waals surface area contributed by atoms with Gasteiger partial charge in [0.05, 0.1) is 42.3 Å². The number of ether oxygens (including phenoxy) is 1. The molecule has 1 N–H and O–H groups in total. The summed E-state index contributed by atoms with van der Waals surface area (Å²) in [5, 5.41) is 20.2. The van der Waals surface area contributed by atoms with Crippen molar-refractivity contribution in [2.75, 3.05) is 19.7 Å². The lowest BCUT2D eigenvalue weighted by Crippen LogP contribution is -2.49. The van der Waals surface area contributed by atoms with E-state index >= 15 is 0 Å². The Balaban J connectivity index is 1.02. The van der Waals surface area contributed by atoms with Gasteiger partial charge in [0.25, 0.3) is 11.5 Å². The fraction of sp³-hybridized carbons (Fsp3) is 0.276. The average molecular weight is 556 g/mol. The summed E-state index contributed by atoms with van der Waals surface area (Å²) < 4.78 is 23.7. The van der Waals surface area contributed by atoms with Gasteiger partial charge in [-0.3, -0.25) is 14.2 Å². The van der Waals surface area contributed by atoms with E-state index in [1.54, 1.807) is 35.4 Å². The lowest BCUT2D eigenvalue weighted by molar-refractivity contribution is -0.0299. The lowest BCUT2D eigenvalue weighted by Gasteiger charge is -2.38. The quantitative estimate of drug-likeness (QED) is 0.354. The Hall–Kier alpha value is -4.84. The molecule has 1 fully saturated rings. The lowest BCUT2D eigenvalue weighted by atomic mass is 9.90. The number of amides is 1. The predicted octanol–water partition coefficient (Wildman–Crippen LogP) is 2.64. The van der Waals surface area contributed by atoms with Gasteiger partial charge in [-0.25, -0.2) is 18.7 Å². The highest BCUT2D eigenvalue weighted by molar-refractivity contribution is 5.95. The number of piperidine rings is 1. The van der Waals surface area contributed by atoms with E-state index in [-0.39, 0.29) is 23.8 Å². The minimum Gasteiger partial charge on any atom is -0.475 e. The van der Waals surface area contributed by atoms with Crippen molar-refractivity contribution < 1.29 is 19.0 Å². The van der Waals surface area contributed by atoms with Crippen LogP contribution in [0.2, 0.25) is 0 Å². The first kappa shape index (κ1) is 25.1. The third-order valence-corrected chi connectivity index (χ3v) is 7.85. The Bertz CT molecular complexity index is 1820. The summed E-state index contributed by atoms with van der Waals surface area (Å²) >= 11 is 0. The molecule has 0 saturated carbocycles. The molecule has 11 nitrogen and oxygen atoms in total. The molecule has 41 heavy (non-hydrogen) atoms. The van der Waals surface area contributed by atoms with Gasteiger partial charge in [-0.15, -0.1) is 0 Å². The van der Waals surface area contributed by atoms with E-state index < -0.39 is 5.60 Å². The number of fused-ring (bicyclic) bond motifs is 2. The highest BCUT2D eigenvalue weighted by Crippen LogP contribution is 2.33. The van der Waals surface area contributed by atoms with E-state index in [1.165, 1.54) is 33.9 Å². The van der Waals surface area contributed by atoms with Gasteiger partial charge >= 0.3 is 0 Å². The summed E-state index contributed by atoms with van der Waals surface area (Å²) in [6.45, 7) is 2.10. The Labute approximate surface area is 233 Å². The number of nitrogens with zero attached hydrogens (tertiary/aromatic N) is 7.